The molecule has 0 saturated carbocycles. The molecule has 0 aliphatic carbocycles. The topological polar surface area (TPSA) is 79.2 Å². The summed E-state index contributed by atoms with van der Waals surface area (Å²) in [5.41, 5.74) is -0.168. The van der Waals surface area contributed by atoms with E-state index in [1.807, 2.05) is 4.57 Å². The Morgan fingerprint density at radius 3 is 2.35 bits per heavy atom. The average molecular weight is 532 g/mol. The van der Waals surface area contributed by atoms with Crippen molar-refractivity contribution in [2.24, 2.45) is 0 Å². The van der Waals surface area contributed by atoms with Crippen LogP contribution in [0.15, 0.2) is 12.5 Å². The Morgan fingerprint density at radius 2 is 1.73 bits per heavy atom. The second-order valence-corrected chi connectivity index (χ2v) is 9.84. The monoisotopic (exact) mass is 531 g/mol. The largest absolute Gasteiger partial charge is 0.396 e. The number of hydrogen-bond donors (Lipinski definition) is 1. The lowest BCUT2D eigenvalue weighted by Gasteiger charge is -2.36. The molecule has 0 bridgehead atoms. The van der Waals surface area contributed by atoms with Crippen LogP contribution >= 0.6 is 0 Å². The van der Waals surface area contributed by atoms with Gasteiger partial charge in [0.05, 0.1) is 23.6 Å². The number of nitrogens with one attached hydrogen (secondary N) is 1. The second kappa shape index (κ2) is 9.76. The Morgan fingerprint density at radius 1 is 1.00 bits per heavy atom. The molecule has 202 valence electrons. The zero-order valence-corrected chi connectivity index (χ0v) is 19.9. The number of anilines is 2. The highest BCUT2D eigenvalue weighted by molar-refractivity contribution is 5.94. The third-order valence-electron chi connectivity index (χ3n) is 7.26. The van der Waals surface area contributed by atoms with E-state index in [0.29, 0.717) is 38.3 Å². The predicted octanol–water partition coefficient (Wildman–Crippen LogP) is 3.86. The number of imidazole rings is 1. The first-order chi connectivity index (χ1) is 17.5. The molecule has 1 N–H and O–H groups in total. The molecule has 2 fully saturated rings. The van der Waals surface area contributed by atoms with Crippen molar-refractivity contribution < 1.29 is 31.1 Å². The fourth-order valence-corrected chi connectivity index (χ4v) is 5.29. The maximum atomic E-state index is 13.8. The SMILES string of the molecule is O=C1CC(C(F)(F)F)c2c(ncnc2N2CCC(c3nc(CC(F)(F)F)cn3CCN3CCC3)CC2)N1. The molecule has 0 aromatic carbocycles. The molecule has 2 aromatic heterocycles. The van der Waals surface area contributed by atoms with Gasteiger partial charge >= 0.3 is 12.4 Å². The van der Waals surface area contributed by atoms with Gasteiger partial charge in [0.1, 0.15) is 23.8 Å². The normalized spacial score (nSPS) is 21.5. The molecule has 8 nitrogen and oxygen atoms in total. The Kier molecular flexibility index (Phi) is 6.79. The van der Waals surface area contributed by atoms with Gasteiger partial charge in [-0.15, -0.1) is 0 Å². The highest BCUT2D eigenvalue weighted by Gasteiger charge is 2.48. The van der Waals surface area contributed by atoms with Gasteiger partial charge in [0.15, 0.2) is 0 Å². The van der Waals surface area contributed by atoms with E-state index in [9.17, 15) is 31.1 Å². The number of rotatable bonds is 6. The quantitative estimate of drug-likeness (QED) is 0.571. The van der Waals surface area contributed by atoms with E-state index in [2.05, 4.69) is 25.2 Å². The van der Waals surface area contributed by atoms with E-state index < -0.39 is 37.0 Å². The van der Waals surface area contributed by atoms with Crippen molar-refractivity contribution in [2.75, 3.05) is 42.9 Å². The minimum absolute atomic E-state index is 0.0258. The van der Waals surface area contributed by atoms with E-state index in [4.69, 9.17) is 0 Å². The summed E-state index contributed by atoms with van der Waals surface area (Å²) in [7, 11) is 0. The summed E-state index contributed by atoms with van der Waals surface area (Å²) in [6.45, 7) is 3.90. The van der Waals surface area contributed by atoms with Gasteiger partial charge in [0, 0.05) is 44.7 Å². The number of carbonyl (C=O) groups excluding carboxylic acids is 1. The zero-order chi connectivity index (χ0) is 26.4. The van der Waals surface area contributed by atoms with Gasteiger partial charge in [-0.25, -0.2) is 15.0 Å². The average Bonchev–Trinajstić information content (AvgIpc) is 3.17. The van der Waals surface area contributed by atoms with E-state index >= 15 is 0 Å². The highest BCUT2D eigenvalue weighted by Crippen LogP contribution is 2.46. The van der Waals surface area contributed by atoms with Crippen LogP contribution in [0, 0.1) is 0 Å². The molecule has 1 atom stereocenters. The van der Waals surface area contributed by atoms with Crippen LogP contribution in [0.3, 0.4) is 0 Å². The van der Waals surface area contributed by atoms with Crippen LogP contribution in [0.1, 0.15) is 54.6 Å². The molecule has 2 saturated heterocycles. The third kappa shape index (κ3) is 5.68. The first-order valence-corrected chi connectivity index (χ1v) is 12.3. The lowest BCUT2D eigenvalue weighted by molar-refractivity contribution is -0.156. The molecule has 0 spiro atoms. The van der Waals surface area contributed by atoms with Crippen molar-refractivity contribution in [1.82, 2.24) is 24.4 Å². The highest BCUT2D eigenvalue weighted by atomic mass is 19.4. The van der Waals surface area contributed by atoms with E-state index in [0.717, 1.165) is 32.4 Å². The third-order valence-corrected chi connectivity index (χ3v) is 7.26. The molecule has 2 aromatic rings. The Hall–Kier alpha value is -2.90. The smallest absolute Gasteiger partial charge is 0.356 e. The van der Waals surface area contributed by atoms with Crippen LogP contribution in [-0.4, -0.2) is 75.4 Å². The zero-order valence-electron chi connectivity index (χ0n) is 19.9. The number of piperidine rings is 1. The van der Waals surface area contributed by atoms with Gasteiger partial charge in [-0.05, 0) is 32.4 Å². The summed E-state index contributed by atoms with van der Waals surface area (Å²) in [6, 6.07) is 0. The lowest BCUT2D eigenvalue weighted by Crippen LogP contribution is -2.40. The molecule has 14 heteroatoms. The van der Waals surface area contributed by atoms with Crippen LogP contribution in [0.2, 0.25) is 0 Å². The predicted molar refractivity (Wildman–Crippen MR) is 121 cm³/mol. The fraction of sp³-hybridized carbons (Fsp3) is 0.652. The molecule has 3 aliphatic rings. The molecule has 37 heavy (non-hydrogen) atoms. The van der Waals surface area contributed by atoms with Crippen molar-refractivity contribution in [3.05, 3.63) is 29.6 Å². The minimum atomic E-state index is -4.64. The van der Waals surface area contributed by atoms with Crippen molar-refractivity contribution >= 4 is 17.5 Å². The Bertz CT molecular complexity index is 1140. The van der Waals surface area contributed by atoms with Crippen LogP contribution in [0.4, 0.5) is 38.0 Å². The molecule has 5 heterocycles. The number of halogens is 6. The number of alkyl halides is 6. The van der Waals surface area contributed by atoms with Gasteiger partial charge in [-0.1, -0.05) is 0 Å². The van der Waals surface area contributed by atoms with E-state index in [1.54, 1.807) is 4.90 Å². The minimum Gasteiger partial charge on any atom is -0.356 e. The number of nitrogens with zero attached hydrogens (tertiary/aromatic N) is 6. The molecule has 1 unspecified atom stereocenters. The molecule has 1 amide bonds. The number of aromatic nitrogens is 4. The van der Waals surface area contributed by atoms with Gasteiger partial charge in [-0.3, -0.25) is 4.79 Å². The van der Waals surface area contributed by atoms with Crippen LogP contribution in [0.25, 0.3) is 0 Å². The fourth-order valence-electron chi connectivity index (χ4n) is 5.29. The first-order valence-electron chi connectivity index (χ1n) is 12.3. The lowest BCUT2D eigenvalue weighted by atomic mass is 9.90. The Labute approximate surface area is 209 Å². The summed E-state index contributed by atoms with van der Waals surface area (Å²) >= 11 is 0. The van der Waals surface area contributed by atoms with Crippen molar-refractivity contribution in [2.45, 2.75) is 62.8 Å². The molecule has 5 rings (SSSR count). The van der Waals surface area contributed by atoms with E-state index in [-0.39, 0.29) is 28.8 Å². The Balaban J connectivity index is 1.35. The molecular formula is C23H27F6N7O. The van der Waals surface area contributed by atoms with Gasteiger partial charge in [-0.2, -0.15) is 26.3 Å². The maximum Gasteiger partial charge on any atom is 0.396 e. The number of carbonyl (C=O) groups is 1. The van der Waals surface area contributed by atoms with Gasteiger partial charge in [0.2, 0.25) is 5.91 Å². The molecule has 0 radical (unpaired) electrons. The summed E-state index contributed by atoms with van der Waals surface area (Å²) in [4.78, 5) is 28.2. The van der Waals surface area contributed by atoms with Gasteiger partial charge < -0.3 is 19.7 Å². The second-order valence-electron chi connectivity index (χ2n) is 9.84. The van der Waals surface area contributed by atoms with Crippen LogP contribution < -0.4 is 10.2 Å². The van der Waals surface area contributed by atoms with Gasteiger partial charge in [0.25, 0.3) is 0 Å². The molecular weight excluding hydrogens is 504 g/mol. The number of amides is 1. The van der Waals surface area contributed by atoms with E-state index in [1.165, 1.54) is 6.20 Å². The van der Waals surface area contributed by atoms with Crippen molar-refractivity contribution in [3.8, 4) is 0 Å². The van der Waals surface area contributed by atoms with Crippen molar-refractivity contribution in [3.63, 3.8) is 0 Å². The summed E-state index contributed by atoms with van der Waals surface area (Å²) in [5.74, 6) is -2.31. The number of hydrogen-bond acceptors (Lipinski definition) is 6. The summed E-state index contributed by atoms with van der Waals surface area (Å²) in [5, 5.41) is 2.41. The van der Waals surface area contributed by atoms with Crippen LogP contribution in [0.5, 0.6) is 0 Å². The van der Waals surface area contributed by atoms with Crippen LogP contribution in [-0.2, 0) is 17.8 Å². The van der Waals surface area contributed by atoms with Crippen molar-refractivity contribution in [1.29, 1.82) is 0 Å². The maximum absolute atomic E-state index is 13.8. The first kappa shape index (κ1) is 25.7. The number of likely N-dealkylation sites (tertiary alicyclic amines) is 1. The standard InChI is InChI=1S/C23H27F6N7O/c24-22(25,26)11-15-12-36(9-8-34-4-1-5-34)20(32-15)14-2-6-35(7-3-14)21-18-16(23(27,28)29)10-17(37)33-19(18)30-13-31-21/h12-14,16H,1-11H2,(H,30,31,33,37). The molecule has 3 aliphatic heterocycles. The summed E-state index contributed by atoms with van der Waals surface area (Å²) < 4.78 is 82.3. The summed E-state index contributed by atoms with van der Waals surface area (Å²) in [6.07, 6.45) is -6.13. The number of fused-ring (bicyclic) bond motifs is 1.